The highest BCUT2D eigenvalue weighted by atomic mass is 32.2. The summed E-state index contributed by atoms with van der Waals surface area (Å²) in [5.74, 6) is 2.63. The van der Waals surface area contributed by atoms with Crippen LogP contribution < -0.4 is 10.5 Å². The number of benzene rings is 1. The molecule has 1 aromatic rings. The van der Waals surface area contributed by atoms with E-state index in [0.717, 1.165) is 24.3 Å². The van der Waals surface area contributed by atoms with E-state index in [1.807, 2.05) is 11.8 Å². The summed E-state index contributed by atoms with van der Waals surface area (Å²) in [6, 6.07) is 6.57. The van der Waals surface area contributed by atoms with Crippen LogP contribution in [-0.4, -0.2) is 31.5 Å². The van der Waals surface area contributed by atoms with Crippen molar-refractivity contribution in [2.75, 3.05) is 18.1 Å². The summed E-state index contributed by atoms with van der Waals surface area (Å²) in [7, 11) is -3.56. The van der Waals surface area contributed by atoms with Gasteiger partial charge < -0.3 is 5.73 Å². The van der Waals surface area contributed by atoms with Crippen molar-refractivity contribution in [2.45, 2.75) is 17.7 Å². The molecule has 3 N–H and O–H groups in total. The van der Waals surface area contributed by atoms with Crippen molar-refractivity contribution in [2.24, 2.45) is 11.7 Å². The van der Waals surface area contributed by atoms with Crippen molar-refractivity contribution in [1.29, 1.82) is 0 Å². The Kier molecular flexibility index (Phi) is 5.42. The van der Waals surface area contributed by atoms with Crippen molar-refractivity contribution in [3.05, 3.63) is 29.8 Å². The normalized spacial score (nSPS) is 17.0. The molecule has 1 aliphatic rings. The predicted octanol–water partition coefficient (Wildman–Crippen LogP) is 1.74. The van der Waals surface area contributed by atoms with Gasteiger partial charge in [-0.1, -0.05) is 30.4 Å². The number of sulfonamides is 1. The van der Waals surface area contributed by atoms with Gasteiger partial charge in [-0.3, -0.25) is 0 Å². The maximum Gasteiger partial charge on any atom is 0.241 e. The van der Waals surface area contributed by atoms with Gasteiger partial charge in [0.15, 0.2) is 0 Å². The molecule has 0 aromatic heterocycles. The molecule has 0 amide bonds. The minimum atomic E-state index is -3.56. The van der Waals surface area contributed by atoms with Gasteiger partial charge in [-0.05, 0) is 36.3 Å². The molecule has 0 atom stereocenters. The molecular formula is C13H18N2O2S3. The van der Waals surface area contributed by atoms with Crippen LogP contribution in [0, 0.1) is 5.92 Å². The molecule has 7 heteroatoms. The summed E-state index contributed by atoms with van der Waals surface area (Å²) in [4.78, 5) is 0.262. The molecule has 1 heterocycles. The van der Waals surface area contributed by atoms with E-state index in [0.29, 0.717) is 18.0 Å². The molecule has 0 bridgehead atoms. The van der Waals surface area contributed by atoms with Crippen LogP contribution in [0.5, 0.6) is 0 Å². The van der Waals surface area contributed by atoms with Crippen LogP contribution in [0.4, 0.5) is 0 Å². The van der Waals surface area contributed by atoms with Crippen molar-refractivity contribution >= 4 is 39.0 Å². The Labute approximate surface area is 129 Å². The van der Waals surface area contributed by atoms with Crippen LogP contribution in [0.25, 0.3) is 0 Å². The predicted molar refractivity (Wildman–Crippen MR) is 87.6 cm³/mol. The Balaban J connectivity index is 2.12. The second-order valence-corrected chi connectivity index (χ2v) is 8.17. The molecule has 1 aromatic carbocycles. The topological polar surface area (TPSA) is 72.2 Å². The Morgan fingerprint density at radius 1 is 1.35 bits per heavy atom. The minimum Gasteiger partial charge on any atom is -0.389 e. The highest BCUT2D eigenvalue weighted by Gasteiger charge is 2.21. The Morgan fingerprint density at radius 3 is 2.65 bits per heavy atom. The molecule has 1 fully saturated rings. The molecule has 0 radical (unpaired) electrons. The van der Waals surface area contributed by atoms with Gasteiger partial charge >= 0.3 is 0 Å². The van der Waals surface area contributed by atoms with Gasteiger partial charge in [0.2, 0.25) is 10.0 Å². The minimum absolute atomic E-state index is 0.0973. The smallest absolute Gasteiger partial charge is 0.241 e. The van der Waals surface area contributed by atoms with Gasteiger partial charge in [-0.25, -0.2) is 13.1 Å². The molecule has 0 spiro atoms. The van der Waals surface area contributed by atoms with Gasteiger partial charge in [-0.15, -0.1) is 0 Å². The molecule has 1 saturated heterocycles. The van der Waals surface area contributed by atoms with Crippen LogP contribution in [0.3, 0.4) is 0 Å². The lowest BCUT2D eigenvalue weighted by molar-refractivity contribution is 0.476. The lowest BCUT2D eigenvalue weighted by Gasteiger charge is -2.21. The van der Waals surface area contributed by atoms with E-state index < -0.39 is 10.0 Å². The zero-order valence-electron chi connectivity index (χ0n) is 11.0. The third kappa shape index (κ3) is 3.94. The van der Waals surface area contributed by atoms with Crippen molar-refractivity contribution in [1.82, 2.24) is 4.72 Å². The SMILES string of the molecule is NC(=S)c1ccccc1S(=O)(=O)NCC1CCSCC1. The van der Waals surface area contributed by atoms with E-state index in [4.69, 9.17) is 18.0 Å². The zero-order valence-corrected chi connectivity index (χ0v) is 13.5. The molecule has 20 heavy (non-hydrogen) atoms. The van der Waals surface area contributed by atoms with Crippen molar-refractivity contribution in [3.63, 3.8) is 0 Å². The molecule has 1 aliphatic heterocycles. The van der Waals surface area contributed by atoms with Crippen LogP contribution in [0.1, 0.15) is 18.4 Å². The fraction of sp³-hybridized carbons (Fsp3) is 0.462. The van der Waals surface area contributed by atoms with Gasteiger partial charge in [-0.2, -0.15) is 11.8 Å². The number of hydrogen-bond donors (Lipinski definition) is 2. The Bertz CT molecular complexity index is 581. The first-order valence-electron chi connectivity index (χ1n) is 6.47. The van der Waals surface area contributed by atoms with E-state index in [9.17, 15) is 8.42 Å². The van der Waals surface area contributed by atoms with Crippen molar-refractivity contribution in [3.8, 4) is 0 Å². The lowest BCUT2D eigenvalue weighted by atomic mass is 10.0. The van der Waals surface area contributed by atoms with Crippen LogP contribution in [0.15, 0.2) is 29.2 Å². The quantitative estimate of drug-likeness (QED) is 0.805. The van der Waals surface area contributed by atoms with E-state index in [1.165, 1.54) is 6.07 Å². The highest BCUT2D eigenvalue weighted by Crippen LogP contribution is 2.23. The zero-order chi connectivity index (χ0) is 14.6. The summed E-state index contributed by atoms with van der Waals surface area (Å²) in [6.07, 6.45) is 2.12. The number of nitrogens with one attached hydrogen (secondary N) is 1. The number of rotatable bonds is 5. The third-order valence-electron chi connectivity index (χ3n) is 3.34. The third-order valence-corrected chi connectivity index (χ3v) is 6.10. The van der Waals surface area contributed by atoms with Gasteiger partial charge in [0, 0.05) is 12.1 Å². The number of hydrogen-bond acceptors (Lipinski definition) is 4. The van der Waals surface area contributed by atoms with Crippen LogP contribution >= 0.6 is 24.0 Å². The fourth-order valence-electron chi connectivity index (χ4n) is 2.16. The first kappa shape index (κ1) is 15.8. The Hall–Kier alpha value is -0.630. The van der Waals surface area contributed by atoms with Crippen LogP contribution in [-0.2, 0) is 10.0 Å². The molecule has 0 unspecified atom stereocenters. The maximum absolute atomic E-state index is 12.4. The van der Waals surface area contributed by atoms with E-state index in [1.54, 1.807) is 18.2 Å². The van der Waals surface area contributed by atoms with E-state index >= 15 is 0 Å². The molecule has 2 rings (SSSR count). The standard InChI is InChI=1S/C13H18N2O2S3/c14-13(18)11-3-1-2-4-12(11)20(16,17)15-9-10-5-7-19-8-6-10/h1-4,10,15H,5-9H2,(H2,14,18). The highest BCUT2D eigenvalue weighted by molar-refractivity contribution is 7.99. The van der Waals surface area contributed by atoms with Gasteiger partial charge in [0.25, 0.3) is 0 Å². The number of thiocarbonyl (C=S) groups is 1. The number of thioether (sulfide) groups is 1. The maximum atomic E-state index is 12.4. The first-order valence-corrected chi connectivity index (χ1v) is 9.51. The fourth-order valence-corrected chi connectivity index (χ4v) is 4.94. The summed E-state index contributed by atoms with van der Waals surface area (Å²) < 4.78 is 27.4. The summed E-state index contributed by atoms with van der Waals surface area (Å²) in [6.45, 7) is 0.481. The molecular weight excluding hydrogens is 312 g/mol. The van der Waals surface area contributed by atoms with Crippen LogP contribution in [0.2, 0.25) is 0 Å². The molecule has 110 valence electrons. The molecule has 0 aliphatic carbocycles. The number of nitrogens with two attached hydrogens (primary N) is 1. The lowest BCUT2D eigenvalue weighted by Crippen LogP contribution is -2.32. The second kappa shape index (κ2) is 6.89. The summed E-state index contributed by atoms with van der Waals surface area (Å²) in [5.41, 5.74) is 5.98. The average Bonchev–Trinajstić information content (AvgIpc) is 2.46. The van der Waals surface area contributed by atoms with Gasteiger partial charge in [0.1, 0.15) is 4.99 Å². The van der Waals surface area contributed by atoms with Crippen molar-refractivity contribution < 1.29 is 8.42 Å². The first-order chi connectivity index (χ1) is 9.50. The summed E-state index contributed by atoms with van der Waals surface area (Å²) in [5, 5.41) is 0. The van der Waals surface area contributed by atoms with Gasteiger partial charge in [0.05, 0.1) is 4.90 Å². The monoisotopic (exact) mass is 330 g/mol. The Morgan fingerprint density at radius 2 is 2.00 bits per heavy atom. The largest absolute Gasteiger partial charge is 0.389 e. The second-order valence-electron chi connectivity index (χ2n) is 4.77. The summed E-state index contributed by atoms with van der Waals surface area (Å²) >= 11 is 6.83. The van der Waals surface area contributed by atoms with E-state index in [2.05, 4.69) is 4.72 Å². The molecule has 4 nitrogen and oxygen atoms in total. The molecule has 0 saturated carbocycles. The average molecular weight is 331 g/mol. The van der Waals surface area contributed by atoms with E-state index in [-0.39, 0.29) is 9.88 Å².